The van der Waals surface area contributed by atoms with E-state index in [1.165, 1.54) is 17.0 Å². The van der Waals surface area contributed by atoms with Crippen LogP contribution in [0.4, 0.5) is 11.4 Å². The van der Waals surface area contributed by atoms with Gasteiger partial charge in [0.15, 0.2) is 6.61 Å². The number of nitrogens with one attached hydrogen (secondary N) is 1. The number of halogens is 1. The van der Waals surface area contributed by atoms with Crippen LogP contribution in [0.3, 0.4) is 0 Å². The van der Waals surface area contributed by atoms with E-state index >= 15 is 0 Å². The second-order valence-electron chi connectivity index (χ2n) is 7.29. The molecule has 0 radical (unpaired) electrons. The maximum atomic E-state index is 12.4. The fourth-order valence-corrected chi connectivity index (χ4v) is 3.40. The highest BCUT2D eigenvalue weighted by atomic mass is 35.5. The van der Waals surface area contributed by atoms with Crippen LogP contribution >= 0.6 is 11.6 Å². The largest absolute Gasteiger partial charge is 0.462 e. The quantitative estimate of drug-likeness (QED) is 0.638. The molecule has 9 heteroatoms. The third-order valence-electron chi connectivity index (χ3n) is 4.95. The monoisotopic (exact) mass is 458 g/mol. The summed E-state index contributed by atoms with van der Waals surface area (Å²) in [6, 6.07) is 11.4. The van der Waals surface area contributed by atoms with Crippen LogP contribution in [0.5, 0.6) is 0 Å². The van der Waals surface area contributed by atoms with E-state index in [1.54, 1.807) is 37.3 Å². The maximum absolute atomic E-state index is 12.4. The molecule has 1 saturated heterocycles. The van der Waals surface area contributed by atoms with E-state index in [0.717, 1.165) is 5.56 Å². The standard InChI is InChI=1S/C23H23ClN2O6/c1-3-31-22(29)15-5-7-17(8-6-15)25-20(27)13-32-23(30)16-10-21(28)26(12-16)18-9-4-14(2)19(24)11-18/h4-9,11,16H,3,10,12-13H2,1-2H3,(H,25,27). The summed E-state index contributed by atoms with van der Waals surface area (Å²) in [6.45, 7) is 3.52. The van der Waals surface area contributed by atoms with Crippen molar-refractivity contribution in [2.24, 2.45) is 5.92 Å². The number of amides is 2. The highest BCUT2D eigenvalue weighted by molar-refractivity contribution is 6.31. The molecule has 0 bridgehead atoms. The number of hydrogen-bond acceptors (Lipinski definition) is 6. The minimum atomic E-state index is -0.667. The van der Waals surface area contributed by atoms with E-state index < -0.39 is 30.4 Å². The van der Waals surface area contributed by atoms with Crippen molar-refractivity contribution in [1.82, 2.24) is 0 Å². The average Bonchev–Trinajstić information content (AvgIpc) is 3.16. The topological polar surface area (TPSA) is 102 Å². The number of esters is 2. The van der Waals surface area contributed by atoms with E-state index in [-0.39, 0.29) is 25.5 Å². The molecule has 1 aliphatic heterocycles. The molecular weight excluding hydrogens is 436 g/mol. The molecule has 1 fully saturated rings. The van der Waals surface area contributed by atoms with E-state index in [1.807, 2.05) is 6.92 Å². The zero-order valence-corrected chi connectivity index (χ0v) is 18.5. The Morgan fingerprint density at radius 3 is 2.50 bits per heavy atom. The van der Waals surface area contributed by atoms with Crippen LogP contribution in [-0.2, 0) is 23.9 Å². The molecule has 0 aliphatic carbocycles. The zero-order chi connectivity index (χ0) is 23.3. The van der Waals surface area contributed by atoms with E-state index in [2.05, 4.69) is 5.32 Å². The average molecular weight is 459 g/mol. The van der Waals surface area contributed by atoms with E-state index in [0.29, 0.717) is 22.0 Å². The number of carbonyl (C=O) groups is 4. The molecule has 2 amide bonds. The second-order valence-corrected chi connectivity index (χ2v) is 7.70. The van der Waals surface area contributed by atoms with Gasteiger partial charge < -0.3 is 19.7 Å². The molecule has 0 spiro atoms. The van der Waals surface area contributed by atoms with Gasteiger partial charge in [0.05, 0.1) is 18.1 Å². The highest BCUT2D eigenvalue weighted by Gasteiger charge is 2.36. The third kappa shape index (κ3) is 5.64. The summed E-state index contributed by atoms with van der Waals surface area (Å²) < 4.78 is 10.00. The van der Waals surface area contributed by atoms with Crippen LogP contribution in [-0.4, -0.2) is 43.5 Å². The Balaban J connectivity index is 1.50. The Kier molecular flexibility index (Phi) is 7.48. The lowest BCUT2D eigenvalue weighted by Gasteiger charge is -2.17. The van der Waals surface area contributed by atoms with Crippen molar-refractivity contribution in [1.29, 1.82) is 0 Å². The molecule has 32 heavy (non-hydrogen) atoms. The second kappa shape index (κ2) is 10.3. The number of benzene rings is 2. The van der Waals surface area contributed by atoms with Crippen molar-refractivity contribution < 1.29 is 28.7 Å². The van der Waals surface area contributed by atoms with Gasteiger partial charge in [-0.15, -0.1) is 0 Å². The fourth-order valence-electron chi connectivity index (χ4n) is 3.22. The van der Waals surface area contributed by atoms with Crippen LogP contribution in [0.2, 0.25) is 5.02 Å². The highest BCUT2D eigenvalue weighted by Crippen LogP contribution is 2.29. The fraction of sp³-hybridized carbons (Fsp3) is 0.304. The molecule has 3 rings (SSSR count). The molecular formula is C23H23ClN2O6. The molecule has 1 unspecified atom stereocenters. The summed E-state index contributed by atoms with van der Waals surface area (Å²) in [7, 11) is 0. The van der Waals surface area contributed by atoms with Crippen molar-refractivity contribution in [2.45, 2.75) is 20.3 Å². The first-order valence-corrected chi connectivity index (χ1v) is 10.5. The van der Waals surface area contributed by atoms with Gasteiger partial charge >= 0.3 is 11.9 Å². The zero-order valence-electron chi connectivity index (χ0n) is 17.7. The van der Waals surface area contributed by atoms with Crippen LogP contribution in [0.15, 0.2) is 42.5 Å². The molecule has 2 aromatic rings. The molecule has 2 aromatic carbocycles. The number of carbonyl (C=O) groups excluding carboxylic acids is 4. The lowest BCUT2D eigenvalue weighted by molar-refractivity contribution is -0.151. The first-order valence-electron chi connectivity index (χ1n) is 10.1. The molecule has 1 N–H and O–H groups in total. The van der Waals surface area contributed by atoms with Crippen molar-refractivity contribution >= 4 is 46.7 Å². The van der Waals surface area contributed by atoms with Crippen LogP contribution in [0.1, 0.15) is 29.3 Å². The van der Waals surface area contributed by atoms with Gasteiger partial charge in [0.2, 0.25) is 5.91 Å². The number of nitrogens with zero attached hydrogens (tertiary/aromatic N) is 1. The third-order valence-corrected chi connectivity index (χ3v) is 5.36. The molecule has 0 saturated carbocycles. The van der Waals surface area contributed by atoms with E-state index in [9.17, 15) is 19.2 Å². The van der Waals surface area contributed by atoms with Gasteiger partial charge in [0.25, 0.3) is 5.91 Å². The Labute approximate surface area is 190 Å². The first-order chi connectivity index (χ1) is 15.3. The summed E-state index contributed by atoms with van der Waals surface area (Å²) in [6.07, 6.45) is 0.00126. The van der Waals surface area contributed by atoms with Gasteiger partial charge in [-0.2, -0.15) is 0 Å². The number of rotatable bonds is 7. The Hall–Kier alpha value is -3.39. The lowest BCUT2D eigenvalue weighted by atomic mass is 10.1. The Morgan fingerprint density at radius 1 is 1.12 bits per heavy atom. The summed E-state index contributed by atoms with van der Waals surface area (Å²) in [5, 5.41) is 3.12. The Morgan fingerprint density at radius 2 is 1.84 bits per heavy atom. The van der Waals surface area contributed by atoms with Gasteiger partial charge in [0.1, 0.15) is 0 Å². The first kappa shape index (κ1) is 23.3. The molecule has 8 nitrogen and oxygen atoms in total. The predicted molar refractivity (Wildman–Crippen MR) is 119 cm³/mol. The summed E-state index contributed by atoms with van der Waals surface area (Å²) >= 11 is 6.13. The molecule has 0 aromatic heterocycles. The van der Waals surface area contributed by atoms with Gasteiger partial charge in [-0.3, -0.25) is 14.4 Å². The van der Waals surface area contributed by atoms with Crippen molar-refractivity contribution in [3.8, 4) is 0 Å². The van der Waals surface area contributed by atoms with Gasteiger partial charge in [0, 0.05) is 29.4 Å². The maximum Gasteiger partial charge on any atom is 0.338 e. The van der Waals surface area contributed by atoms with E-state index in [4.69, 9.17) is 21.1 Å². The van der Waals surface area contributed by atoms with Gasteiger partial charge in [-0.1, -0.05) is 17.7 Å². The van der Waals surface area contributed by atoms with Crippen molar-refractivity contribution in [3.05, 3.63) is 58.6 Å². The summed E-state index contributed by atoms with van der Waals surface area (Å²) in [5.74, 6) is -2.48. The summed E-state index contributed by atoms with van der Waals surface area (Å²) in [5.41, 5.74) is 2.31. The number of ether oxygens (including phenoxy) is 2. The molecule has 1 atom stereocenters. The number of aryl methyl sites for hydroxylation is 1. The van der Waals surface area contributed by atoms with Crippen LogP contribution in [0.25, 0.3) is 0 Å². The molecule has 1 aliphatic rings. The van der Waals surface area contributed by atoms with Crippen molar-refractivity contribution in [3.63, 3.8) is 0 Å². The normalized spacial score (nSPS) is 15.4. The van der Waals surface area contributed by atoms with Crippen LogP contribution in [0, 0.1) is 12.8 Å². The predicted octanol–water partition coefficient (Wildman–Crippen LogP) is 3.36. The minimum absolute atomic E-state index is 0.00126. The molecule has 1 heterocycles. The van der Waals surface area contributed by atoms with Gasteiger partial charge in [-0.05, 0) is 55.8 Å². The Bertz CT molecular complexity index is 1040. The SMILES string of the molecule is CCOC(=O)c1ccc(NC(=O)COC(=O)C2CC(=O)N(c3ccc(C)c(Cl)c3)C2)cc1. The molecule has 168 valence electrons. The van der Waals surface area contributed by atoms with Crippen molar-refractivity contribution in [2.75, 3.05) is 30.0 Å². The number of anilines is 2. The minimum Gasteiger partial charge on any atom is -0.462 e. The smallest absolute Gasteiger partial charge is 0.338 e. The van der Waals surface area contributed by atoms with Gasteiger partial charge in [-0.25, -0.2) is 4.79 Å². The summed E-state index contributed by atoms with van der Waals surface area (Å²) in [4.78, 5) is 50.0. The van der Waals surface area contributed by atoms with Crippen LogP contribution < -0.4 is 10.2 Å². The number of hydrogen-bond donors (Lipinski definition) is 1. The lowest BCUT2D eigenvalue weighted by Crippen LogP contribution is -2.28.